The summed E-state index contributed by atoms with van der Waals surface area (Å²) in [5.74, 6) is 0. The lowest BCUT2D eigenvalue weighted by molar-refractivity contribution is 0.0557. The molecule has 0 atom stereocenters. The number of benzene rings is 1. The molecule has 0 fully saturated rings. The third-order valence-electron chi connectivity index (χ3n) is 2.30. The lowest BCUT2D eigenvalue weighted by Crippen LogP contribution is -2.16. The van der Waals surface area contributed by atoms with Crippen molar-refractivity contribution in [3.05, 3.63) is 33.8 Å². The van der Waals surface area contributed by atoms with Gasteiger partial charge in [0.2, 0.25) is 0 Å². The molecule has 1 aromatic carbocycles. The van der Waals surface area contributed by atoms with Crippen LogP contribution in [-0.2, 0) is 16.8 Å². The van der Waals surface area contributed by atoms with E-state index in [0.29, 0.717) is 6.54 Å². The van der Waals surface area contributed by atoms with E-state index in [2.05, 4.69) is 21.2 Å². The van der Waals surface area contributed by atoms with Crippen LogP contribution in [0, 0.1) is 0 Å². The minimum Gasteiger partial charge on any atom is -0.320 e. The van der Waals surface area contributed by atoms with Gasteiger partial charge in [-0.15, -0.1) is 0 Å². The predicted octanol–water partition coefficient (Wildman–Crippen LogP) is 2.79. The van der Waals surface area contributed by atoms with Gasteiger partial charge < -0.3 is 15.1 Å². The quantitative estimate of drug-likeness (QED) is 0.719. The minimum absolute atomic E-state index is 0.0220. The van der Waals surface area contributed by atoms with Crippen LogP contribution >= 0.6 is 23.5 Å². The van der Waals surface area contributed by atoms with Crippen molar-refractivity contribution >= 4 is 23.5 Å². The fourth-order valence-electron chi connectivity index (χ4n) is 1.34. The molecule has 3 N–H and O–H groups in total. The van der Waals surface area contributed by atoms with Gasteiger partial charge in [-0.05, 0) is 18.2 Å². The predicted molar refractivity (Wildman–Crippen MR) is 67.5 cm³/mol. The Morgan fingerprint density at radius 2 is 2.06 bits per heavy atom. The molecule has 0 aliphatic carbocycles. The molecule has 0 radical (unpaired) electrons. The van der Waals surface area contributed by atoms with Gasteiger partial charge in [0, 0.05) is 16.6 Å². The molecule has 1 aromatic rings. The topological polar surface area (TPSA) is 69.6 Å². The third kappa shape index (κ3) is 3.36. The van der Waals surface area contributed by atoms with E-state index >= 15 is 0 Å². The highest BCUT2D eigenvalue weighted by Crippen LogP contribution is 2.60. The Kier molecular flexibility index (Phi) is 5.03. The number of hydrogen-bond acceptors (Lipinski definition) is 2. The molecule has 0 aromatic heterocycles. The average molecular weight is 344 g/mol. The van der Waals surface area contributed by atoms with Crippen molar-refractivity contribution in [2.24, 2.45) is 0 Å². The summed E-state index contributed by atoms with van der Waals surface area (Å²) in [5.41, 5.74) is -4.16. The summed E-state index contributed by atoms with van der Waals surface area (Å²) in [5, 5.41) is 3.02. The van der Waals surface area contributed by atoms with Crippen LogP contribution in [0.2, 0.25) is 0 Å². The Morgan fingerprint density at radius 1 is 1.44 bits per heavy atom. The number of rotatable bonds is 5. The van der Waals surface area contributed by atoms with E-state index in [-0.39, 0.29) is 4.47 Å². The molecule has 0 saturated carbocycles. The minimum atomic E-state index is -5.53. The first-order valence-electron chi connectivity index (χ1n) is 5.13. The normalized spacial score (nSPS) is 12.8. The first-order chi connectivity index (χ1) is 8.20. The zero-order chi connectivity index (χ0) is 14.0. The van der Waals surface area contributed by atoms with E-state index in [0.717, 1.165) is 18.2 Å². The molecule has 0 aliphatic heterocycles. The van der Waals surface area contributed by atoms with Crippen molar-refractivity contribution in [2.75, 3.05) is 6.54 Å². The number of hydrogen-bond donors (Lipinski definition) is 3. The van der Waals surface area contributed by atoms with Crippen LogP contribution in [0.25, 0.3) is 0 Å². The van der Waals surface area contributed by atoms with Crippen LogP contribution in [0.5, 0.6) is 0 Å². The van der Waals surface area contributed by atoms with Gasteiger partial charge in [-0.3, -0.25) is 4.57 Å². The summed E-state index contributed by atoms with van der Waals surface area (Å²) in [6.45, 7) is 3.14. The fourth-order valence-corrected chi connectivity index (χ4v) is 2.68. The van der Waals surface area contributed by atoms with E-state index in [1.54, 1.807) is 0 Å². The molecule has 4 nitrogen and oxygen atoms in total. The van der Waals surface area contributed by atoms with Crippen molar-refractivity contribution in [1.82, 2.24) is 5.32 Å². The Bertz CT molecular complexity index is 478. The van der Waals surface area contributed by atoms with Crippen LogP contribution in [0.15, 0.2) is 22.7 Å². The van der Waals surface area contributed by atoms with Gasteiger partial charge in [-0.1, -0.05) is 35.0 Å². The number of halogens is 3. The fraction of sp³-hybridized carbons (Fsp3) is 0.400. The highest BCUT2D eigenvalue weighted by molar-refractivity contribution is 9.10. The summed E-state index contributed by atoms with van der Waals surface area (Å²) in [6, 6.07) is 3.85. The smallest absolute Gasteiger partial charge is 0.320 e. The molecule has 0 unspecified atom stereocenters. The van der Waals surface area contributed by atoms with Crippen molar-refractivity contribution in [3.63, 3.8) is 0 Å². The summed E-state index contributed by atoms with van der Waals surface area (Å²) < 4.78 is 37.7. The van der Waals surface area contributed by atoms with Crippen LogP contribution in [0.3, 0.4) is 0 Å². The lowest BCUT2D eigenvalue weighted by atomic mass is 10.1. The molecule has 0 heterocycles. The standard InChI is InChI=1S/C10H13BrF2NO3P/c1-2-14-6-7-3-4-8(9(11)5-7)10(12,13)18(15,16)17/h3-5,14H,2,6H2,1H3,(H2,15,16,17). The maximum atomic E-state index is 13.5. The SMILES string of the molecule is CCNCc1ccc(C(F)(F)P(=O)(O)O)c(Br)c1. The van der Waals surface area contributed by atoms with Crippen molar-refractivity contribution in [1.29, 1.82) is 0 Å². The summed E-state index contributed by atoms with van der Waals surface area (Å²) in [6.07, 6.45) is 0. The first kappa shape index (κ1) is 15.7. The van der Waals surface area contributed by atoms with Crippen LogP contribution in [0.1, 0.15) is 18.1 Å². The summed E-state index contributed by atoms with van der Waals surface area (Å²) in [7, 11) is -5.53. The van der Waals surface area contributed by atoms with Gasteiger partial charge in [-0.2, -0.15) is 8.78 Å². The molecule has 0 spiro atoms. The highest BCUT2D eigenvalue weighted by Gasteiger charge is 2.51. The van der Waals surface area contributed by atoms with Crippen LogP contribution < -0.4 is 5.32 Å². The molecule has 8 heteroatoms. The summed E-state index contributed by atoms with van der Waals surface area (Å²) >= 11 is 2.92. The molecule has 0 amide bonds. The monoisotopic (exact) mass is 343 g/mol. The molecule has 0 bridgehead atoms. The molecule has 18 heavy (non-hydrogen) atoms. The number of nitrogens with one attached hydrogen (secondary N) is 1. The van der Waals surface area contributed by atoms with Gasteiger partial charge in [0.05, 0.1) is 0 Å². The van der Waals surface area contributed by atoms with Crippen LogP contribution in [-0.4, -0.2) is 16.3 Å². The van der Waals surface area contributed by atoms with Crippen molar-refractivity contribution < 1.29 is 23.1 Å². The third-order valence-corrected chi connectivity index (χ3v) is 3.93. The lowest BCUT2D eigenvalue weighted by Gasteiger charge is -2.19. The maximum Gasteiger partial charge on any atom is 0.399 e. The Labute approximate surface area is 112 Å². The van der Waals surface area contributed by atoms with E-state index in [4.69, 9.17) is 9.79 Å². The van der Waals surface area contributed by atoms with Gasteiger partial charge in [0.1, 0.15) is 0 Å². The first-order valence-corrected chi connectivity index (χ1v) is 7.53. The average Bonchev–Trinajstić information content (AvgIpc) is 2.24. The molecule has 102 valence electrons. The van der Waals surface area contributed by atoms with Crippen LogP contribution in [0.4, 0.5) is 8.78 Å². The maximum absolute atomic E-state index is 13.5. The van der Waals surface area contributed by atoms with E-state index in [1.807, 2.05) is 6.92 Å². The molecule has 0 saturated heterocycles. The Morgan fingerprint density at radius 3 is 2.50 bits per heavy atom. The zero-order valence-electron chi connectivity index (χ0n) is 9.53. The highest BCUT2D eigenvalue weighted by atomic mass is 79.9. The molecular weight excluding hydrogens is 331 g/mol. The second-order valence-corrected chi connectivity index (χ2v) is 6.18. The number of alkyl halides is 2. The van der Waals surface area contributed by atoms with Gasteiger partial charge >= 0.3 is 13.3 Å². The second kappa shape index (κ2) is 5.75. The van der Waals surface area contributed by atoms with Gasteiger partial charge in [0.15, 0.2) is 0 Å². The van der Waals surface area contributed by atoms with E-state index < -0.39 is 18.8 Å². The molecular formula is C10H13BrF2NO3P. The molecule has 1 rings (SSSR count). The van der Waals surface area contributed by atoms with E-state index in [9.17, 15) is 13.3 Å². The van der Waals surface area contributed by atoms with Gasteiger partial charge in [0.25, 0.3) is 0 Å². The Hall–Kier alpha value is -0.330. The van der Waals surface area contributed by atoms with E-state index in [1.165, 1.54) is 12.1 Å². The summed E-state index contributed by atoms with van der Waals surface area (Å²) in [4.78, 5) is 17.3. The molecule has 0 aliphatic rings. The Balaban J connectivity index is 3.10. The largest absolute Gasteiger partial charge is 0.399 e. The second-order valence-electron chi connectivity index (χ2n) is 3.68. The van der Waals surface area contributed by atoms with Crippen molar-refractivity contribution in [2.45, 2.75) is 19.1 Å². The van der Waals surface area contributed by atoms with Gasteiger partial charge in [-0.25, -0.2) is 0 Å². The van der Waals surface area contributed by atoms with Crippen molar-refractivity contribution in [3.8, 4) is 0 Å². The zero-order valence-corrected chi connectivity index (χ0v) is 12.0.